The summed E-state index contributed by atoms with van der Waals surface area (Å²) in [5.74, 6) is -0.720. The Hall–Kier alpha value is -2.99. The second-order valence-electron chi connectivity index (χ2n) is 5.07. The summed E-state index contributed by atoms with van der Waals surface area (Å²) in [5.41, 5.74) is 6.90. The van der Waals surface area contributed by atoms with Gasteiger partial charge in [0.05, 0.1) is 6.42 Å². The van der Waals surface area contributed by atoms with Crippen LogP contribution in [0.25, 0.3) is 10.6 Å². The van der Waals surface area contributed by atoms with Gasteiger partial charge < -0.3 is 0 Å². The topological polar surface area (TPSA) is 71.1 Å². The smallest absolute Gasteiger partial charge is 0.273 e. The van der Waals surface area contributed by atoms with Crippen LogP contribution in [0.15, 0.2) is 66.0 Å². The van der Waals surface area contributed by atoms with E-state index in [1.165, 1.54) is 11.3 Å². The predicted octanol–water partition coefficient (Wildman–Crippen LogP) is 2.81. The molecule has 0 saturated carbocycles. The molecule has 6 heteroatoms. The first-order valence-corrected chi connectivity index (χ1v) is 8.24. The lowest BCUT2D eigenvalue weighted by atomic mass is 10.1. The van der Waals surface area contributed by atoms with Gasteiger partial charge in [-0.15, -0.1) is 11.3 Å². The Morgan fingerprint density at radius 3 is 2.29 bits per heavy atom. The third-order valence-corrected chi connectivity index (χ3v) is 4.17. The number of benzene rings is 2. The average molecular weight is 337 g/mol. The fourth-order valence-corrected chi connectivity index (χ4v) is 2.91. The summed E-state index contributed by atoms with van der Waals surface area (Å²) in [4.78, 5) is 28.2. The standard InChI is InChI=1S/C18H15N3O2S/c22-16(11-13-7-3-1-4-8-13)20-21-17(23)15-12-24-18(19-15)14-9-5-2-6-10-14/h1-10,12H,11H2,(H,20,22)(H,21,23). The lowest BCUT2D eigenvalue weighted by molar-refractivity contribution is -0.121. The van der Waals surface area contributed by atoms with Gasteiger partial charge in [-0.1, -0.05) is 60.7 Å². The van der Waals surface area contributed by atoms with Crippen LogP contribution in [-0.2, 0) is 11.2 Å². The number of carbonyl (C=O) groups is 2. The Balaban J connectivity index is 1.56. The van der Waals surface area contributed by atoms with Crippen LogP contribution in [0.2, 0.25) is 0 Å². The molecule has 24 heavy (non-hydrogen) atoms. The number of nitrogens with one attached hydrogen (secondary N) is 2. The van der Waals surface area contributed by atoms with Crippen LogP contribution in [-0.4, -0.2) is 16.8 Å². The highest BCUT2D eigenvalue weighted by molar-refractivity contribution is 7.13. The molecule has 1 aromatic heterocycles. The van der Waals surface area contributed by atoms with E-state index in [9.17, 15) is 9.59 Å². The summed E-state index contributed by atoms with van der Waals surface area (Å²) in [6.45, 7) is 0. The molecule has 120 valence electrons. The molecule has 1 heterocycles. The molecule has 2 aromatic carbocycles. The van der Waals surface area contributed by atoms with Crippen molar-refractivity contribution in [3.63, 3.8) is 0 Å². The van der Waals surface area contributed by atoms with Gasteiger partial charge >= 0.3 is 0 Å². The molecule has 3 rings (SSSR count). The molecule has 0 aliphatic carbocycles. The summed E-state index contributed by atoms with van der Waals surface area (Å²) in [6.07, 6.45) is 0.202. The second kappa shape index (κ2) is 7.52. The summed E-state index contributed by atoms with van der Waals surface area (Å²) in [6, 6.07) is 18.9. The minimum atomic E-state index is -0.435. The number of rotatable bonds is 4. The molecule has 0 spiro atoms. The monoisotopic (exact) mass is 337 g/mol. The molecule has 5 nitrogen and oxygen atoms in total. The summed E-state index contributed by atoms with van der Waals surface area (Å²) in [7, 11) is 0. The van der Waals surface area contributed by atoms with Crippen molar-refractivity contribution in [1.29, 1.82) is 0 Å². The molecule has 0 atom stereocenters. The van der Waals surface area contributed by atoms with Crippen molar-refractivity contribution in [2.24, 2.45) is 0 Å². The van der Waals surface area contributed by atoms with Gasteiger partial charge in [-0.05, 0) is 5.56 Å². The molecular weight excluding hydrogens is 322 g/mol. The maximum absolute atomic E-state index is 12.1. The van der Waals surface area contributed by atoms with Crippen LogP contribution in [0.1, 0.15) is 16.1 Å². The second-order valence-corrected chi connectivity index (χ2v) is 5.93. The zero-order valence-corrected chi connectivity index (χ0v) is 13.5. The van der Waals surface area contributed by atoms with Crippen LogP contribution < -0.4 is 10.9 Å². The number of hydrazine groups is 1. The van der Waals surface area contributed by atoms with Gasteiger partial charge in [0.25, 0.3) is 5.91 Å². The van der Waals surface area contributed by atoms with Gasteiger partial charge in [0.15, 0.2) is 0 Å². The van der Waals surface area contributed by atoms with E-state index in [1.54, 1.807) is 5.38 Å². The molecule has 0 fully saturated rings. The minimum Gasteiger partial charge on any atom is -0.273 e. The lowest BCUT2D eigenvalue weighted by Crippen LogP contribution is -2.42. The van der Waals surface area contributed by atoms with E-state index in [-0.39, 0.29) is 18.0 Å². The number of hydrogen-bond acceptors (Lipinski definition) is 4. The predicted molar refractivity (Wildman–Crippen MR) is 93.3 cm³/mol. The summed E-state index contributed by atoms with van der Waals surface area (Å²) in [5, 5.41) is 2.43. The van der Waals surface area contributed by atoms with E-state index in [4.69, 9.17) is 0 Å². The van der Waals surface area contributed by atoms with E-state index in [1.807, 2.05) is 60.7 Å². The zero-order valence-electron chi connectivity index (χ0n) is 12.7. The van der Waals surface area contributed by atoms with Crippen molar-refractivity contribution in [2.75, 3.05) is 0 Å². The number of aromatic nitrogens is 1. The molecule has 0 bridgehead atoms. The number of amides is 2. The van der Waals surface area contributed by atoms with Gasteiger partial charge in [-0.2, -0.15) is 0 Å². The highest BCUT2D eigenvalue weighted by Gasteiger charge is 2.12. The third-order valence-electron chi connectivity index (χ3n) is 3.28. The number of thiazole rings is 1. The minimum absolute atomic E-state index is 0.202. The van der Waals surface area contributed by atoms with Gasteiger partial charge in [0.2, 0.25) is 5.91 Å². The number of hydrogen-bond donors (Lipinski definition) is 2. The average Bonchev–Trinajstić information content (AvgIpc) is 3.11. The van der Waals surface area contributed by atoms with Gasteiger partial charge in [-0.3, -0.25) is 20.4 Å². The highest BCUT2D eigenvalue weighted by Crippen LogP contribution is 2.23. The SMILES string of the molecule is O=C(Cc1ccccc1)NNC(=O)c1csc(-c2ccccc2)n1. The Morgan fingerprint density at radius 2 is 1.58 bits per heavy atom. The van der Waals surface area contributed by atoms with E-state index in [0.29, 0.717) is 0 Å². The summed E-state index contributed by atoms with van der Waals surface area (Å²) >= 11 is 1.38. The molecular formula is C18H15N3O2S. The fraction of sp³-hybridized carbons (Fsp3) is 0.0556. The van der Waals surface area contributed by atoms with Crippen LogP contribution >= 0.6 is 11.3 Å². The van der Waals surface area contributed by atoms with Crippen molar-refractivity contribution in [2.45, 2.75) is 6.42 Å². The van der Waals surface area contributed by atoms with E-state index < -0.39 is 5.91 Å². The van der Waals surface area contributed by atoms with Gasteiger partial charge in [-0.25, -0.2) is 4.98 Å². The maximum atomic E-state index is 12.1. The van der Waals surface area contributed by atoms with Crippen molar-refractivity contribution < 1.29 is 9.59 Å². The van der Waals surface area contributed by atoms with E-state index in [2.05, 4.69) is 15.8 Å². The third kappa shape index (κ3) is 4.05. The largest absolute Gasteiger partial charge is 0.289 e. The van der Waals surface area contributed by atoms with Gasteiger partial charge in [0.1, 0.15) is 10.7 Å². The van der Waals surface area contributed by atoms with E-state index >= 15 is 0 Å². The molecule has 2 amide bonds. The Morgan fingerprint density at radius 1 is 0.917 bits per heavy atom. The highest BCUT2D eigenvalue weighted by atomic mass is 32.1. The zero-order chi connectivity index (χ0) is 16.8. The number of carbonyl (C=O) groups excluding carboxylic acids is 2. The van der Waals surface area contributed by atoms with Crippen LogP contribution in [0, 0.1) is 0 Å². The van der Waals surface area contributed by atoms with Crippen LogP contribution in [0.4, 0.5) is 0 Å². The molecule has 2 N–H and O–H groups in total. The molecule has 3 aromatic rings. The molecule has 0 aliphatic heterocycles. The molecule has 0 saturated heterocycles. The Labute approximate surface area is 143 Å². The fourth-order valence-electron chi connectivity index (χ4n) is 2.11. The van der Waals surface area contributed by atoms with Crippen LogP contribution in [0.5, 0.6) is 0 Å². The first-order chi connectivity index (χ1) is 11.7. The van der Waals surface area contributed by atoms with Gasteiger partial charge in [0, 0.05) is 10.9 Å². The maximum Gasteiger partial charge on any atom is 0.289 e. The lowest BCUT2D eigenvalue weighted by Gasteiger charge is -2.06. The van der Waals surface area contributed by atoms with Crippen molar-refractivity contribution in [1.82, 2.24) is 15.8 Å². The first-order valence-electron chi connectivity index (χ1n) is 7.36. The molecule has 0 aliphatic rings. The summed E-state index contributed by atoms with van der Waals surface area (Å²) < 4.78 is 0. The van der Waals surface area contributed by atoms with Crippen molar-refractivity contribution in [3.05, 3.63) is 77.3 Å². The van der Waals surface area contributed by atoms with Crippen LogP contribution in [0.3, 0.4) is 0 Å². The normalized spacial score (nSPS) is 10.2. The van der Waals surface area contributed by atoms with E-state index in [0.717, 1.165) is 16.1 Å². The van der Waals surface area contributed by atoms with Crippen molar-refractivity contribution in [3.8, 4) is 10.6 Å². The van der Waals surface area contributed by atoms with Crippen molar-refractivity contribution >= 4 is 23.2 Å². The molecule has 0 unspecified atom stereocenters. The first kappa shape index (κ1) is 15.9. The number of nitrogens with zero attached hydrogens (tertiary/aromatic N) is 1. The Kier molecular flexibility index (Phi) is 4.98. The molecule has 0 radical (unpaired) electrons. The quantitative estimate of drug-likeness (QED) is 0.719. The Bertz CT molecular complexity index is 832.